The number of ether oxygens (including phenoxy) is 1. The van der Waals surface area contributed by atoms with Crippen molar-refractivity contribution in [3.63, 3.8) is 0 Å². The zero-order valence-electron chi connectivity index (χ0n) is 13.6. The lowest BCUT2D eigenvalue weighted by Gasteiger charge is -2.17. The molecule has 0 aliphatic carbocycles. The Hall–Kier alpha value is -1.83. The number of rotatable bonds is 4. The molecule has 2 unspecified atom stereocenters. The minimum Gasteiger partial charge on any atom is -0.458 e. The fraction of sp³-hybridized carbons (Fsp3) is 0.421. The standard InChI is InChI=1S/C19H24O2/c1-6-12(2)19(20)21-15(5)16-9-10-17-13(3)7-8-14(4)18(17)11-16/h7-12,15H,6H2,1-5H3. The minimum atomic E-state index is -0.212. The third-order valence-electron chi connectivity index (χ3n) is 4.25. The van der Waals surface area contributed by atoms with E-state index in [-0.39, 0.29) is 18.0 Å². The molecular weight excluding hydrogens is 260 g/mol. The average molecular weight is 284 g/mol. The summed E-state index contributed by atoms with van der Waals surface area (Å²) < 4.78 is 5.57. The van der Waals surface area contributed by atoms with E-state index in [1.165, 1.54) is 21.9 Å². The first kappa shape index (κ1) is 15.6. The van der Waals surface area contributed by atoms with Crippen LogP contribution in [0, 0.1) is 19.8 Å². The van der Waals surface area contributed by atoms with Crippen molar-refractivity contribution in [3.05, 3.63) is 47.0 Å². The Bertz CT molecular complexity index is 658. The van der Waals surface area contributed by atoms with Gasteiger partial charge in [0.05, 0.1) is 5.92 Å². The molecule has 2 aromatic rings. The van der Waals surface area contributed by atoms with Gasteiger partial charge in [0.15, 0.2) is 0 Å². The van der Waals surface area contributed by atoms with E-state index < -0.39 is 0 Å². The molecule has 112 valence electrons. The summed E-state index contributed by atoms with van der Waals surface area (Å²) in [4.78, 5) is 11.9. The van der Waals surface area contributed by atoms with Crippen molar-refractivity contribution in [2.75, 3.05) is 0 Å². The van der Waals surface area contributed by atoms with E-state index >= 15 is 0 Å². The Balaban J connectivity index is 2.30. The Kier molecular flexibility index (Phi) is 4.66. The topological polar surface area (TPSA) is 26.3 Å². The number of fused-ring (bicyclic) bond motifs is 1. The molecule has 0 heterocycles. The molecule has 21 heavy (non-hydrogen) atoms. The SMILES string of the molecule is CCC(C)C(=O)OC(C)c1ccc2c(C)ccc(C)c2c1. The van der Waals surface area contributed by atoms with Gasteiger partial charge < -0.3 is 4.74 Å². The van der Waals surface area contributed by atoms with Crippen LogP contribution >= 0.6 is 0 Å². The van der Waals surface area contributed by atoms with Crippen LogP contribution in [-0.4, -0.2) is 5.97 Å². The Morgan fingerprint density at radius 3 is 2.29 bits per heavy atom. The maximum absolute atomic E-state index is 11.9. The van der Waals surface area contributed by atoms with Crippen molar-refractivity contribution < 1.29 is 9.53 Å². The molecule has 0 saturated carbocycles. The normalized spacial score (nSPS) is 14.0. The molecule has 0 amide bonds. The van der Waals surface area contributed by atoms with Crippen LogP contribution in [0.5, 0.6) is 0 Å². The second-order valence-corrected chi connectivity index (χ2v) is 5.89. The summed E-state index contributed by atoms with van der Waals surface area (Å²) in [5.41, 5.74) is 3.57. The van der Waals surface area contributed by atoms with Crippen LogP contribution in [0.25, 0.3) is 10.8 Å². The van der Waals surface area contributed by atoms with E-state index in [1.807, 2.05) is 20.8 Å². The van der Waals surface area contributed by atoms with E-state index in [1.54, 1.807) is 0 Å². The van der Waals surface area contributed by atoms with Crippen molar-refractivity contribution in [2.24, 2.45) is 5.92 Å². The van der Waals surface area contributed by atoms with Gasteiger partial charge in [-0.1, -0.05) is 38.1 Å². The predicted molar refractivity (Wildman–Crippen MR) is 87.4 cm³/mol. The summed E-state index contributed by atoms with van der Waals surface area (Å²) in [7, 11) is 0. The van der Waals surface area contributed by atoms with E-state index in [9.17, 15) is 4.79 Å². The molecule has 0 N–H and O–H groups in total. The zero-order valence-corrected chi connectivity index (χ0v) is 13.6. The average Bonchev–Trinajstić information content (AvgIpc) is 2.49. The summed E-state index contributed by atoms with van der Waals surface area (Å²) in [6.07, 6.45) is 0.595. The van der Waals surface area contributed by atoms with Crippen molar-refractivity contribution in [1.82, 2.24) is 0 Å². The van der Waals surface area contributed by atoms with Crippen molar-refractivity contribution >= 4 is 16.7 Å². The molecule has 0 fully saturated rings. The lowest BCUT2D eigenvalue weighted by Crippen LogP contribution is -2.16. The predicted octanol–water partition coefficient (Wildman–Crippen LogP) is 5.11. The number of hydrogen-bond donors (Lipinski definition) is 0. The van der Waals surface area contributed by atoms with Crippen LogP contribution in [-0.2, 0) is 9.53 Å². The smallest absolute Gasteiger partial charge is 0.309 e. The zero-order chi connectivity index (χ0) is 15.6. The van der Waals surface area contributed by atoms with Crippen LogP contribution in [0.1, 0.15) is 50.0 Å². The van der Waals surface area contributed by atoms with Crippen molar-refractivity contribution in [1.29, 1.82) is 0 Å². The van der Waals surface area contributed by atoms with Crippen LogP contribution in [0.4, 0.5) is 0 Å². The molecule has 0 radical (unpaired) electrons. The molecule has 0 aromatic heterocycles. The molecule has 2 atom stereocenters. The second kappa shape index (κ2) is 6.30. The van der Waals surface area contributed by atoms with E-state index in [4.69, 9.17) is 4.74 Å². The highest BCUT2D eigenvalue weighted by Crippen LogP contribution is 2.27. The Labute approximate surface area is 127 Å². The number of aryl methyl sites for hydroxylation is 2. The highest BCUT2D eigenvalue weighted by molar-refractivity contribution is 5.89. The van der Waals surface area contributed by atoms with Gasteiger partial charge in [0.2, 0.25) is 0 Å². The molecule has 0 spiro atoms. The maximum Gasteiger partial charge on any atom is 0.309 e. The van der Waals surface area contributed by atoms with Crippen LogP contribution in [0.3, 0.4) is 0 Å². The molecule has 0 aliphatic rings. The Morgan fingerprint density at radius 1 is 1.05 bits per heavy atom. The van der Waals surface area contributed by atoms with Gasteiger partial charge in [0, 0.05) is 0 Å². The first-order valence-corrected chi connectivity index (χ1v) is 7.64. The third-order valence-corrected chi connectivity index (χ3v) is 4.25. The van der Waals surface area contributed by atoms with Crippen LogP contribution in [0.15, 0.2) is 30.3 Å². The number of carbonyl (C=O) groups is 1. The first-order chi connectivity index (χ1) is 9.93. The number of hydrogen-bond acceptors (Lipinski definition) is 2. The lowest BCUT2D eigenvalue weighted by molar-refractivity contribution is -0.153. The van der Waals surface area contributed by atoms with Crippen molar-refractivity contribution in [2.45, 2.75) is 47.1 Å². The van der Waals surface area contributed by atoms with Crippen molar-refractivity contribution in [3.8, 4) is 0 Å². The summed E-state index contributed by atoms with van der Waals surface area (Å²) in [5, 5.41) is 2.50. The van der Waals surface area contributed by atoms with Gasteiger partial charge >= 0.3 is 5.97 Å². The largest absolute Gasteiger partial charge is 0.458 e. The van der Waals surface area contributed by atoms with E-state index in [0.29, 0.717) is 0 Å². The third kappa shape index (κ3) is 3.26. The van der Waals surface area contributed by atoms with Gasteiger partial charge in [-0.25, -0.2) is 0 Å². The Morgan fingerprint density at radius 2 is 1.67 bits per heavy atom. The highest BCUT2D eigenvalue weighted by atomic mass is 16.5. The molecule has 2 rings (SSSR count). The quantitative estimate of drug-likeness (QED) is 0.729. The van der Waals surface area contributed by atoms with E-state index in [2.05, 4.69) is 44.2 Å². The van der Waals surface area contributed by atoms with Crippen LogP contribution < -0.4 is 0 Å². The second-order valence-electron chi connectivity index (χ2n) is 5.89. The molecule has 0 saturated heterocycles. The number of carbonyl (C=O) groups excluding carboxylic acids is 1. The minimum absolute atomic E-state index is 0.0445. The summed E-state index contributed by atoms with van der Waals surface area (Å²) in [6.45, 7) is 10.1. The number of benzene rings is 2. The molecule has 0 bridgehead atoms. The first-order valence-electron chi connectivity index (χ1n) is 7.64. The fourth-order valence-corrected chi connectivity index (χ4v) is 2.44. The lowest BCUT2D eigenvalue weighted by atomic mass is 9.97. The number of esters is 1. The van der Waals surface area contributed by atoms with Gasteiger partial charge in [0.1, 0.15) is 6.10 Å². The molecule has 2 nitrogen and oxygen atoms in total. The molecular formula is C19H24O2. The monoisotopic (exact) mass is 284 g/mol. The van der Waals surface area contributed by atoms with Gasteiger partial charge in [-0.2, -0.15) is 0 Å². The van der Waals surface area contributed by atoms with Gasteiger partial charge in [0.25, 0.3) is 0 Å². The van der Waals surface area contributed by atoms with Gasteiger partial charge in [-0.05, 0) is 60.7 Å². The summed E-state index contributed by atoms with van der Waals surface area (Å²) in [6, 6.07) is 10.6. The molecule has 0 aliphatic heterocycles. The molecule has 2 heteroatoms. The molecule has 2 aromatic carbocycles. The van der Waals surface area contributed by atoms with Crippen LogP contribution in [0.2, 0.25) is 0 Å². The summed E-state index contributed by atoms with van der Waals surface area (Å²) >= 11 is 0. The van der Waals surface area contributed by atoms with E-state index in [0.717, 1.165) is 12.0 Å². The highest BCUT2D eigenvalue weighted by Gasteiger charge is 2.17. The maximum atomic E-state index is 11.9. The fourth-order valence-electron chi connectivity index (χ4n) is 2.44. The van der Waals surface area contributed by atoms with Gasteiger partial charge in [-0.15, -0.1) is 0 Å². The van der Waals surface area contributed by atoms with Gasteiger partial charge in [-0.3, -0.25) is 4.79 Å². The summed E-state index contributed by atoms with van der Waals surface area (Å²) in [5.74, 6) is -0.164.